The molecule has 1 aromatic carbocycles. The Kier molecular flexibility index (Phi) is 4.09. The summed E-state index contributed by atoms with van der Waals surface area (Å²) in [5, 5.41) is 12.4. The maximum atomic E-state index is 12.6. The molecular formula is C20H21NO4. The summed E-state index contributed by atoms with van der Waals surface area (Å²) in [6, 6.07) is 7.08. The highest BCUT2D eigenvalue weighted by Crippen LogP contribution is 2.38. The van der Waals surface area contributed by atoms with E-state index in [0.717, 1.165) is 6.54 Å². The third-order valence-corrected chi connectivity index (χ3v) is 5.20. The number of ketones is 1. The molecule has 0 bridgehead atoms. The lowest BCUT2D eigenvalue weighted by molar-refractivity contribution is -0.942. The second kappa shape index (κ2) is 6.41. The van der Waals surface area contributed by atoms with Gasteiger partial charge in [0.15, 0.2) is 5.76 Å². The number of ether oxygens (including phenoxy) is 1. The van der Waals surface area contributed by atoms with Crippen molar-refractivity contribution < 1.29 is 24.0 Å². The molecule has 5 heteroatoms. The summed E-state index contributed by atoms with van der Waals surface area (Å²) in [7, 11) is 0. The number of furan rings is 1. The number of allylic oxidation sites excluding steroid dienone is 1. The highest BCUT2D eigenvalue weighted by atomic mass is 16.5. The minimum Gasteiger partial charge on any atom is -0.872 e. The van der Waals surface area contributed by atoms with Gasteiger partial charge in [-0.2, -0.15) is 0 Å². The Labute approximate surface area is 146 Å². The number of Topliss-reactive ketones (excluding diaryl/α,β-unsaturated/α-hetero) is 1. The number of carbonyl (C=O) groups excluding carboxylic acids is 1. The highest BCUT2D eigenvalue weighted by Gasteiger charge is 2.32. The zero-order valence-electron chi connectivity index (χ0n) is 14.2. The molecule has 25 heavy (non-hydrogen) atoms. The van der Waals surface area contributed by atoms with Crippen molar-refractivity contribution in [3.8, 4) is 11.5 Å². The molecule has 130 valence electrons. The van der Waals surface area contributed by atoms with Gasteiger partial charge in [0.2, 0.25) is 5.78 Å². The average molecular weight is 339 g/mol. The Balaban J connectivity index is 1.67. The molecule has 3 heterocycles. The van der Waals surface area contributed by atoms with Crippen LogP contribution >= 0.6 is 0 Å². The normalized spacial score (nSPS) is 24.4. The lowest BCUT2D eigenvalue weighted by Gasteiger charge is -2.31. The maximum absolute atomic E-state index is 12.6. The first-order valence-electron chi connectivity index (χ1n) is 8.78. The van der Waals surface area contributed by atoms with E-state index in [1.54, 1.807) is 30.5 Å². The first-order chi connectivity index (χ1) is 12.1. The number of quaternary nitrogens is 1. The molecule has 4 rings (SSSR count). The lowest BCUT2D eigenvalue weighted by atomic mass is 10.0. The Morgan fingerprint density at radius 2 is 2.20 bits per heavy atom. The lowest BCUT2D eigenvalue weighted by Crippen LogP contribution is -3.14. The van der Waals surface area contributed by atoms with Gasteiger partial charge in [-0.1, -0.05) is 11.8 Å². The van der Waals surface area contributed by atoms with E-state index in [9.17, 15) is 9.90 Å². The van der Waals surface area contributed by atoms with Gasteiger partial charge in [0.1, 0.15) is 18.1 Å². The molecule has 0 aliphatic carbocycles. The van der Waals surface area contributed by atoms with Crippen molar-refractivity contribution in [1.82, 2.24) is 0 Å². The van der Waals surface area contributed by atoms with Crippen LogP contribution in [0.4, 0.5) is 0 Å². The van der Waals surface area contributed by atoms with Crippen molar-refractivity contribution in [2.45, 2.75) is 38.8 Å². The van der Waals surface area contributed by atoms with Gasteiger partial charge in [0.05, 0.1) is 24.4 Å². The Morgan fingerprint density at radius 1 is 1.32 bits per heavy atom. The summed E-state index contributed by atoms with van der Waals surface area (Å²) >= 11 is 0. The van der Waals surface area contributed by atoms with Crippen molar-refractivity contribution in [3.63, 3.8) is 0 Å². The third kappa shape index (κ3) is 2.96. The van der Waals surface area contributed by atoms with Crippen LogP contribution in [0.3, 0.4) is 0 Å². The number of likely N-dealkylation sites (tertiary alicyclic amines) is 1. The molecule has 0 amide bonds. The SMILES string of the molecule is CC1CCCC[NH+]1Cc1c([O-])ccc2c1O/C(=C\c1ccco1)C2=O. The van der Waals surface area contributed by atoms with E-state index in [4.69, 9.17) is 9.15 Å². The fourth-order valence-corrected chi connectivity index (χ4v) is 3.70. The first kappa shape index (κ1) is 16.0. The molecule has 2 unspecified atom stereocenters. The molecule has 1 saturated heterocycles. The zero-order chi connectivity index (χ0) is 17.4. The number of hydrogen-bond donors (Lipinski definition) is 1. The van der Waals surface area contributed by atoms with E-state index >= 15 is 0 Å². The van der Waals surface area contributed by atoms with Crippen LogP contribution in [0.25, 0.3) is 6.08 Å². The summed E-state index contributed by atoms with van der Waals surface area (Å²) in [6.07, 6.45) is 6.70. The summed E-state index contributed by atoms with van der Waals surface area (Å²) in [6.45, 7) is 3.87. The van der Waals surface area contributed by atoms with Crippen LogP contribution in [0.15, 0.2) is 40.7 Å². The number of hydrogen-bond acceptors (Lipinski definition) is 4. The van der Waals surface area contributed by atoms with Gasteiger partial charge in [-0.3, -0.25) is 4.79 Å². The number of nitrogens with one attached hydrogen (secondary N) is 1. The monoisotopic (exact) mass is 339 g/mol. The molecule has 2 aromatic rings. The predicted molar refractivity (Wildman–Crippen MR) is 90.4 cm³/mol. The van der Waals surface area contributed by atoms with Crippen LogP contribution < -0.4 is 14.7 Å². The van der Waals surface area contributed by atoms with Crippen molar-refractivity contribution in [2.24, 2.45) is 0 Å². The van der Waals surface area contributed by atoms with Crippen LogP contribution in [-0.4, -0.2) is 18.4 Å². The molecule has 1 fully saturated rings. The second-order valence-corrected chi connectivity index (χ2v) is 6.86. The quantitative estimate of drug-likeness (QED) is 0.868. The van der Waals surface area contributed by atoms with E-state index in [2.05, 4.69) is 6.92 Å². The highest BCUT2D eigenvalue weighted by molar-refractivity contribution is 6.14. The molecule has 2 atom stereocenters. The number of benzene rings is 1. The predicted octanol–water partition coefficient (Wildman–Crippen LogP) is 1.93. The fraction of sp³-hybridized carbons (Fsp3) is 0.350. The molecule has 0 spiro atoms. The number of fused-ring (bicyclic) bond motifs is 1. The molecule has 0 saturated carbocycles. The van der Waals surface area contributed by atoms with E-state index in [-0.39, 0.29) is 17.3 Å². The molecule has 1 aromatic heterocycles. The zero-order valence-corrected chi connectivity index (χ0v) is 14.2. The summed E-state index contributed by atoms with van der Waals surface area (Å²) in [5.74, 6) is 0.930. The number of piperidine rings is 1. The van der Waals surface area contributed by atoms with E-state index in [0.29, 0.717) is 35.2 Å². The molecule has 0 radical (unpaired) electrons. The molecule has 5 nitrogen and oxygen atoms in total. The van der Waals surface area contributed by atoms with Crippen LogP contribution in [-0.2, 0) is 6.54 Å². The standard InChI is InChI=1S/C20H21NO4/c1-13-5-2-3-9-21(13)12-16-17(22)8-7-15-19(23)18(25-20(15)16)11-14-6-4-10-24-14/h4,6-8,10-11,13,22H,2-3,5,9,12H2,1H3/b18-11-. The largest absolute Gasteiger partial charge is 0.872 e. The Hall–Kier alpha value is -2.53. The Morgan fingerprint density at radius 3 is 2.96 bits per heavy atom. The van der Waals surface area contributed by atoms with Crippen LogP contribution in [0.1, 0.15) is 47.9 Å². The minimum absolute atomic E-state index is 0.0592. The van der Waals surface area contributed by atoms with Crippen molar-refractivity contribution >= 4 is 11.9 Å². The van der Waals surface area contributed by atoms with Gasteiger partial charge in [-0.05, 0) is 44.4 Å². The summed E-state index contributed by atoms with van der Waals surface area (Å²) < 4.78 is 11.1. The molecular weight excluding hydrogens is 318 g/mol. The fourth-order valence-electron chi connectivity index (χ4n) is 3.70. The van der Waals surface area contributed by atoms with E-state index < -0.39 is 0 Å². The smallest absolute Gasteiger partial charge is 0.232 e. The number of rotatable bonds is 3. The van der Waals surface area contributed by atoms with Crippen molar-refractivity contribution in [1.29, 1.82) is 0 Å². The van der Waals surface area contributed by atoms with Gasteiger partial charge in [-0.15, -0.1) is 0 Å². The van der Waals surface area contributed by atoms with Crippen molar-refractivity contribution in [2.75, 3.05) is 6.54 Å². The van der Waals surface area contributed by atoms with Gasteiger partial charge in [0.25, 0.3) is 0 Å². The van der Waals surface area contributed by atoms with Gasteiger partial charge >= 0.3 is 0 Å². The average Bonchev–Trinajstić information content (AvgIpc) is 3.21. The van der Waals surface area contributed by atoms with E-state index in [1.807, 2.05) is 0 Å². The molecule has 1 N–H and O–H groups in total. The van der Waals surface area contributed by atoms with Gasteiger partial charge < -0.3 is 19.2 Å². The van der Waals surface area contributed by atoms with Crippen LogP contribution in [0.2, 0.25) is 0 Å². The van der Waals surface area contributed by atoms with E-state index in [1.165, 1.54) is 30.2 Å². The maximum Gasteiger partial charge on any atom is 0.232 e. The topological polar surface area (TPSA) is 66.9 Å². The first-order valence-corrected chi connectivity index (χ1v) is 8.78. The van der Waals surface area contributed by atoms with Crippen LogP contribution in [0.5, 0.6) is 11.5 Å². The van der Waals surface area contributed by atoms with Gasteiger partial charge in [0, 0.05) is 11.6 Å². The summed E-state index contributed by atoms with van der Waals surface area (Å²) in [4.78, 5) is 14.0. The second-order valence-electron chi connectivity index (χ2n) is 6.86. The number of carbonyl (C=O) groups is 1. The summed E-state index contributed by atoms with van der Waals surface area (Å²) in [5.41, 5.74) is 1.08. The van der Waals surface area contributed by atoms with Crippen LogP contribution in [0, 0.1) is 0 Å². The van der Waals surface area contributed by atoms with Gasteiger partial charge in [-0.25, -0.2) is 0 Å². The molecule has 2 aliphatic rings. The Bertz CT molecular complexity index is 822. The minimum atomic E-state index is -0.200. The third-order valence-electron chi connectivity index (χ3n) is 5.20. The van der Waals surface area contributed by atoms with Crippen molar-refractivity contribution in [3.05, 3.63) is 53.2 Å². The molecule has 2 aliphatic heterocycles.